The minimum atomic E-state index is -3.45. The summed E-state index contributed by atoms with van der Waals surface area (Å²) in [6.45, 7) is 0.761. The molecular weight excluding hydrogens is 348 g/mol. The van der Waals surface area contributed by atoms with E-state index in [1.807, 2.05) is 36.4 Å². The number of rotatable bonds is 0. The smallest absolute Gasteiger partial charge is 0.250 e. The van der Waals surface area contributed by atoms with Gasteiger partial charge in [0.15, 0.2) is 9.84 Å². The van der Waals surface area contributed by atoms with E-state index >= 15 is 0 Å². The normalized spacial score (nSPS) is 35.8. The van der Waals surface area contributed by atoms with Crippen LogP contribution in [-0.2, 0) is 20.2 Å². The number of carbonyl (C=O) groups excluding carboxylic acids is 1. The summed E-state index contributed by atoms with van der Waals surface area (Å²) >= 11 is 0. The Labute approximate surface area is 151 Å². The fraction of sp³-hybridized carbons (Fsp3) is 0.350. The fourth-order valence-corrected chi connectivity index (χ4v) is 8.48. The molecule has 0 saturated carbocycles. The summed E-state index contributed by atoms with van der Waals surface area (Å²) in [6, 6.07) is 14.9. The van der Waals surface area contributed by atoms with Gasteiger partial charge in [-0.1, -0.05) is 36.4 Å². The monoisotopic (exact) mass is 366 g/mol. The van der Waals surface area contributed by atoms with E-state index in [1.54, 1.807) is 12.1 Å². The Hall–Kier alpha value is -2.18. The van der Waals surface area contributed by atoms with Gasteiger partial charge in [0.25, 0.3) is 0 Å². The third-order valence-corrected chi connectivity index (χ3v) is 9.05. The number of para-hydroxylation sites is 1. The molecule has 6 rings (SSSR count). The Bertz CT molecular complexity index is 1080. The molecule has 4 heterocycles. The molecule has 26 heavy (non-hydrogen) atoms. The average Bonchev–Trinajstić information content (AvgIpc) is 3.32. The Morgan fingerprint density at radius 2 is 1.85 bits per heavy atom. The molecule has 6 heteroatoms. The molecule has 1 N–H and O–H groups in total. The molecule has 0 aromatic heterocycles. The highest BCUT2D eigenvalue weighted by molar-refractivity contribution is 7.92. The van der Waals surface area contributed by atoms with Crippen molar-refractivity contribution < 1.29 is 13.2 Å². The van der Waals surface area contributed by atoms with Gasteiger partial charge in [0.1, 0.15) is 5.54 Å². The maximum Gasteiger partial charge on any atom is 0.250 e. The van der Waals surface area contributed by atoms with Gasteiger partial charge in [-0.3, -0.25) is 9.69 Å². The van der Waals surface area contributed by atoms with Gasteiger partial charge in [-0.15, -0.1) is 0 Å². The molecule has 4 aliphatic rings. The lowest BCUT2D eigenvalue weighted by Crippen LogP contribution is -2.50. The highest BCUT2D eigenvalue weighted by Crippen LogP contribution is 2.64. The number of hydrogen-bond donors (Lipinski definition) is 1. The summed E-state index contributed by atoms with van der Waals surface area (Å²) in [5, 5.41) is 2.50. The Kier molecular flexibility index (Phi) is 2.62. The van der Waals surface area contributed by atoms with E-state index in [0.717, 1.165) is 36.2 Å². The van der Waals surface area contributed by atoms with Gasteiger partial charge in [-0.05, 0) is 37.1 Å². The third-order valence-electron chi connectivity index (χ3n) is 6.76. The van der Waals surface area contributed by atoms with Crippen molar-refractivity contribution in [2.75, 3.05) is 11.9 Å². The number of fused-ring (bicyclic) bond motifs is 9. The minimum absolute atomic E-state index is 0.0787. The van der Waals surface area contributed by atoms with E-state index in [4.69, 9.17) is 0 Å². The molecule has 1 spiro atoms. The molecule has 0 aliphatic carbocycles. The van der Waals surface area contributed by atoms with Crippen LogP contribution in [0.1, 0.15) is 29.9 Å². The van der Waals surface area contributed by atoms with Crippen LogP contribution in [0.25, 0.3) is 0 Å². The number of benzene rings is 2. The number of nitrogens with zero attached hydrogens (tertiary/aromatic N) is 1. The van der Waals surface area contributed by atoms with E-state index in [2.05, 4.69) is 10.2 Å². The van der Waals surface area contributed by atoms with Crippen LogP contribution in [0, 0.1) is 0 Å². The first-order valence-corrected chi connectivity index (χ1v) is 10.6. The number of carbonyl (C=O) groups is 1. The van der Waals surface area contributed by atoms with E-state index in [0.29, 0.717) is 4.90 Å². The van der Waals surface area contributed by atoms with Crippen molar-refractivity contribution in [3.8, 4) is 0 Å². The molecule has 4 aliphatic heterocycles. The lowest BCUT2D eigenvalue weighted by atomic mass is 9.75. The van der Waals surface area contributed by atoms with Crippen LogP contribution in [0.2, 0.25) is 0 Å². The van der Waals surface area contributed by atoms with Crippen LogP contribution in [0.15, 0.2) is 53.4 Å². The van der Waals surface area contributed by atoms with Gasteiger partial charge in [0.05, 0.1) is 10.1 Å². The van der Waals surface area contributed by atoms with Gasteiger partial charge < -0.3 is 5.32 Å². The first-order chi connectivity index (χ1) is 12.6. The lowest BCUT2D eigenvalue weighted by Gasteiger charge is -2.36. The number of sulfone groups is 1. The van der Waals surface area contributed by atoms with E-state index in [9.17, 15) is 13.2 Å². The van der Waals surface area contributed by atoms with Crippen LogP contribution in [-0.4, -0.2) is 37.1 Å². The zero-order valence-corrected chi connectivity index (χ0v) is 14.9. The molecule has 0 unspecified atom stereocenters. The number of nitrogens with one attached hydrogen (secondary N) is 1. The van der Waals surface area contributed by atoms with Crippen LogP contribution >= 0.6 is 0 Å². The Morgan fingerprint density at radius 1 is 1.08 bits per heavy atom. The average molecular weight is 366 g/mol. The summed E-state index contributed by atoms with van der Waals surface area (Å²) in [5.41, 5.74) is 1.63. The summed E-state index contributed by atoms with van der Waals surface area (Å²) in [7, 11) is -3.45. The van der Waals surface area contributed by atoms with E-state index in [-0.39, 0.29) is 17.9 Å². The second kappa shape index (κ2) is 4.56. The van der Waals surface area contributed by atoms with Crippen LogP contribution < -0.4 is 5.32 Å². The highest BCUT2D eigenvalue weighted by atomic mass is 32.2. The zero-order chi connectivity index (χ0) is 17.7. The van der Waals surface area contributed by atoms with Crippen LogP contribution in [0.3, 0.4) is 0 Å². The van der Waals surface area contributed by atoms with E-state index in [1.165, 1.54) is 0 Å². The SMILES string of the molecule is O=C1Nc2ccccc2[C@@]12[C@@H]1c3ccccc3S(=O)(=O)[C@@H]1[C@H]1CCCN12. The van der Waals surface area contributed by atoms with Crippen molar-refractivity contribution in [3.63, 3.8) is 0 Å². The summed E-state index contributed by atoms with van der Waals surface area (Å²) in [5.74, 6) is -0.428. The van der Waals surface area contributed by atoms with Crippen molar-refractivity contribution >= 4 is 21.4 Å². The minimum Gasteiger partial charge on any atom is -0.324 e. The zero-order valence-electron chi connectivity index (χ0n) is 14.1. The van der Waals surface area contributed by atoms with Crippen molar-refractivity contribution in [2.45, 2.75) is 40.5 Å². The molecule has 0 radical (unpaired) electrons. The lowest BCUT2D eigenvalue weighted by molar-refractivity contribution is -0.127. The summed E-state index contributed by atoms with van der Waals surface area (Å²) in [4.78, 5) is 16.0. The fourth-order valence-electron chi connectivity index (χ4n) is 6.00. The van der Waals surface area contributed by atoms with Crippen molar-refractivity contribution in [1.29, 1.82) is 0 Å². The van der Waals surface area contributed by atoms with Gasteiger partial charge in [-0.25, -0.2) is 8.42 Å². The summed E-state index contributed by atoms with van der Waals surface area (Å²) in [6.07, 6.45) is 1.75. The molecule has 2 saturated heterocycles. The Morgan fingerprint density at radius 3 is 2.73 bits per heavy atom. The van der Waals surface area contributed by atoms with Crippen molar-refractivity contribution in [1.82, 2.24) is 4.90 Å². The van der Waals surface area contributed by atoms with Crippen LogP contribution in [0.5, 0.6) is 0 Å². The number of amides is 1. The molecule has 2 aromatic rings. The second-order valence-corrected chi connectivity index (χ2v) is 9.77. The van der Waals surface area contributed by atoms with Crippen molar-refractivity contribution in [2.24, 2.45) is 0 Å². The molecule has 132 valence electrons. The molecule has 0 bridgehead atoms. The molecule has 5 nitrogen and oxygen atoms in total. The van der Waals surface area contributed by atoms with Crippen molar-refractivity contribution in [3.05, 3.63) is 59.7 Å². The maximum absolute atomic E-state index is 13.4. The molecule has 1 amide bonds. The molecule has 2 fully saturated rings. The first-order valence-electron chi connectivity index (χ1n) is 9.08. The van der Waals surface area contributed by atoms with Gasteiger partial charge in [-0.2, -0.15) is 0 Å². The molecular formula is C20H18N2O3S. The third kappa shape index (κ3) is 1.41. The summed E-state index contributed by atoms with van der Waals surface area (Å²) < 4.78 is 26.8. The number of hydrogen-bond acceptors (Lipinski definition) is 4. The van der Waals surface area contributed by atoms with Gasteiger partial charge in [0.2, 0.25) is 5.91 Å². The topological polar surface area (TPSA) is 66.5 Å². The van der Waals surface area contributed by atoms with Gasteiger partial charge >= 0.3 is 0 Å². The van der Waals surface area contributed by atoms with Crippen LogP contribution in [0.4, 0.5) is 5.69 Å². The van der Waals surface area contributed by atoms with Gasteiger partial charge in [0, 0.05) is 23.2 Å². The highest BCUT2D eigenvalue weighted by Gasteiger charge is 2.72. The maximum atomic E-state index is 13.4. The standard InChI is InChI=1S/C20H18N2O3S/c23-19-20(13-7-2-3-8-14(13)21-19)17-12-6-1-4-10-16(12)26(24,25)18(17)15-9-5-11-22(15)20/h1-4,6-8,10,15,17-18H,5,9,11H2,(H,21,23)/t15-,17-,18-,20-/m1/s1. The Balaban J connectivity index is 1.73. The van der Waals surface area contributed by atoms with E-state index < -0.39 is 20.6 Å². The molecule has 4 atom stereocenters. The number of anilines is 1. The quantitative estimate of drug-likeness (QED) is 0.777. The predicted molar refractivity (Wildman–Crippen MR) is 96.6 cm³/mol. The first kappa shape index (κ1) is 14.9. The largest absolute Gasteiger partial charge is 0.324 e. The molecule has 2 aromatic carbocycles. The predicted octanol–water partition coefficient (Wildman–Crippen LogP) is 2.25. The second-order valence-electron chi connectivity index (χ2n) is 7.69.